The minimum Gasteiger partial charge on any atom is -0.287 e. The Balaban J connectivity index is 1.84. The molecule has 0 radical (unpaired) electrons. The van der Waals surface area contributed by atoms with Crippen LogP contribution in [0.15, 0.2) is 71.0 Å². The third-order valence-electron chi connectivity index (χ3n) is 3.15. The summed E-state index contributed by atoms with van der Waals surface area (Å²) < 4.78 is 2.13. The highest BCUT2D eigenvalue weighted by molar-refractivity contribution is 8.01. The summed E-state index contributed by atoms with van der Waals surface area (Å²) in [5.74, 6) is 0. The average Bonchev–Trinajstić information content (AvgIpc) is 2.48. The van der Waals surface area contributed by atoms with Crippen molar-refractivity contribution in [2.75, 3.05) is 0 Å². The Labute approximate surface area is 134 Å². The molecule has 1 heterocycles. The summed E-state index contributed by atoms with van der Waals surface area (Å²) >= 11 is 12.6. The first-order valence-corrected chi connectivity index (χ1v) is 8.01. The second-order valence-corrected chi connectivity index (χ2v) is 6.53. The zero-order valence-corrected chi connectivity index (χ0v) is 13.2. The molecule has 4 heteroatoms. The SMILES string of the molecule is S=C1CC=CC=C1C1=CC=CN(C2=CC=CCC2=S)S1. The van der Waals surface area contributed by atoms with Crippen molar-refractivity contribution in [2.24, 2.45) is 0 Å². The van der Waals surface area contributed by atoms with E-state index < -0.39 is 0 Å². The highest BCUT2D eigenvalue weighted by Gasteiger charge is 2.21. The lowest BCUT2D eigenvalue weighted by molar-refractivity contribution is 0.812. The van der Waals surface area contributed by atoms with E-state index >= 15 is 0 Å². The monoisotopic (exact) mass is 315 g/mol. The van der Waals surface area contributed by atoms with Gasteiger partial charge < -0.3 is 0 Å². The Kier molecular flexibility index (Phi) is 4.15. The number of hydrogen-bond donors (Lipinski definition) is 0. The van der Waals surface area contributed by atoms with Crippen LogP contribution >= 0.6 is 36.4 Å². The van der Waals surface area contributed by atoms with Gasteiger partial charge in [0.2, 0.25) is 0 Å². The van der Waals surface area contributed by atoms with Crippen LogP contribution in [-0.2, 0) is 0 Å². The summed E-state index contributed by atoms with van der Waals surface area (Å²) in [5.41, 5.74) is 2.24. The van der Waals surface area contributed by atoms with Crippen molar-refractivity contribution in [3.63, 3.8) is 0 Å². The van der Waals surface area contributed by atoms with E-state index in [0.717, 1.165) is 33.8 Å². The summed E-state index contributed by atoms with van der Waals surface area (Å²) in [7, 11) is 0. The fourth-order valence-corrected chi connectivity index (χ4v) is 3.83. The highest BCUT2D eigenvalue weighted by atomic mass is 32.2. The van der Waals surface area contributed by atoms with E-state index in [-0.39, 0.29) is 0 Å². The van der Waals surface area contributed by atoms with Crippen LogP contribution in [0.25, 0.3) is 0 Å². The van der Waals surface area contributed by atoms with Crippen LogP contribution in [0.5, 0.6) is 0 Å². The van der Waals surface area contributed by atoms with Crippen LogP contribution in [0, 0.1) is 0 Å². The first-order chi connectivity index (χ1) is 9.75. The van der Waals surface area contributed by atoms with Gasteiger partial charge in [0.1, 0.15) is 0 Å². The molecule has 2 aliphatic carbocycles. The summed E-state index contributed by atoms with van der Waals surface area (Å²) in [4.78, 5) is 3.16. The minimum absolute atomic E-state index is 0.842. The van der Waals surface area contributed by atoms with Crippen molar-refractivity contribution in [3.8, 4) is 0 Å². The summed E-state index contributed by atoms with van der Waals surface area (Å²) in [6, 6.07) is 0. The average molecular weight is 315 g/mol. The Bertz CT molecular complexity index is 645. The van der Waals surface area contributed by atoms with Gasteiger partial charge in [0.25, 0.3) is 0 Å². The minimum atomic E-state index is 0.842. The Hall–Kier alpha value is -1.23. The Morgan fingerprint density at radius 2 is 1.65 bits per heavy atom. The molecule has 0 atom stereocenters. The van der Waals surface area contributed by atoms with Crippen molar-refractivity contribution in [1.29, 1.82) is 0 Å². The van der Waals surface area contributed by atoms with E-state index in [1.54, 1.807) is 11.9 Å². The van der Waals surface area contributed by atoms with E-state index in [1.807, 2.05) is 6.20 Å². The fourth-order valence-electron chi connectivity index (χ4n) is 2.13. The maximum absolute atomic E-state index is 5.46. The summed E-state index contributed by atoms with van der Waals surface area (Å²) in [5, 5.41) is 0. The first kappa shape index (κ1) is 13.7. The summed E-state index contributed by atoms with van der Waals surface area (Å²) in [6.45, 7) is 0. The van der Waals surface area contributed by atoms with Gasteiger partial charge in [-0.3, -0.25) is 4.31 Å². The maximum Gasteiger partial charge on any atom is 0.0664 e. The molecule has 20 heavy (non-hydrogen) atoms. The number of thiocarbonyl (C=S) groups is 2. The van der Waals surface area contributed by atoms with Crippen molar-refractivity contribution in [1.82, 2.24) is 4.31 Å². The predicted molar refractivity (Wildman–Crippen MR) is 95.5 cm³/mol. The molecule has 1 nitrogen and oxygen atoms in total. The van der Waals surface area contributed by atoms with Gasteiger partial charge in [-0.1, -0.05) is 54.8 Å². The molecule has 0 spiro atoms. The molecule has 100 valence electrons. The van der Waals surface area contributed by atoms with Gasteiger partial charge in [-0.15, -0.1) is 0 Å². The van der Waals surface area contributed by atoms with E-state index in [9.17, 15) is 0 Å². The molecule has 0 unspecified atom stereocenters. The van der Waals surface area contributed by atoms with Crippen molar-refractivity contribution in [3.05, 3.63) is 71.0 Å². The number of rotatable bonds is 2. The van der Waals surface area contributed by atoms with Crippen molar-refractivity contribution < 1.29 is 0 Å². The van der Waals surface area contributed by atoms with Crippen LogP contribution in [0.1, 0.15) is 12.8 Å². The molecule has 0 aromatic rings. The van der Waals surface area contributed by atoms with Gasteiger partial charge in [0.15, 0.2) is 0 Å². The van der Waals surface area contributed by atoms with Gasteiger partial charge in [-0.05, 0) is 30.2 Å². The maximum atomic E-state index is 5.46. The zero-order chi connectivity index (χ0) is 13.9. The quantitative estimate of drug-likeness (QED) is 0.531. The second kappa shape index (κ2) is 6.04. The smallest absolute Gasteiger partial charge is 0.0664 e. The molecule has 0 saturated carbocycles. The van der Waals surface area contributed by atoms with Gasteiger partial charge in [-0.25, -0.2) is 0 Å². The van der Waals surface area contributed by atoms with E-state index in [0.29, 0.717) is 0 Å². The third-order valence-corrected chi connectivity index (χ3v) is 4.98. The molecule has 0 aromatic carbocycles. The molecule has 0 saturated heterocycles. The molecular weight excluding hydrogens is 302 g/mol. The second-order valence-electron chi connectivity index (χ2n) is 4.53. The number of nitrogens with zero attached hydrogens (tertiary/aromatic N) is 1. The van der Waals surface area contributed by atoms with Crippen LogP contribution in [0.3, 0.4) is 0 Å². The van der Waals surface area contributed by atoms with Gasteiger partial charge in [0.05, 0.1) is 5.70 Å². The van der Waals surface area contributed by atoms with Crippen molar-refractivity contribution >= 4 is 46.1 Å². The van der Waals surface area contributed by atoms with E-state index in [4.69, 9.17) is 24.4 Å². The zero-order valence-electron chi connectivity index (χ0n) is 10.8. The molecule has 3 rings (SSSR count). The van der Waals surface area contributed by atoms with Crippen molar-refractivity contribution in [2.45, 2.75) is 12.8 Å². The Morgan fingerprint density at radius 3 is 2.40 bits per heavy atom. The lowest BCUT2D eigenvalue weighted by atomic mass is 10.0. The number of allylic oxidation sites excluding steroid dienone is 10. The lowest BCUT2D eigenvalue weighted by Gasteiger charge is -2.28. The lowest BCUT2D eigenvalue weighted by Crippen LogP contribution is -2.18. The topological polar surface area (TPSA) is 3.24 Å². The van der Waals surface area contributed by atoms with Gasteiger partial charge in [0, 0.05) is 39.2 Å². The molecular formula is C16H13NS3. The van der Waals surface area contributed by atoms with Crippen LogP contribution < -0.4 is 0 Å². The fraction of sp³-hybridized carbons (Fsp3) is 0.125. The number of hydrogen-bond acceptors (Lipinski definition) is 4. The molecule has 0 N–H and O–H groups in total. The molecule has 0 amide bonds. The highest BCUT2D eigenvalue weighted by Crippen LogP contribution is 2.37. The molecule has 1 aliphatic heterocycles. The molecule has 0 fully saturated rings. The normalized spacial score (nSPS) is 21.8. The third kappa shape index (κ3) is 2.77. The molecule has 0 aromatic heterocycles. The van der Waals surface area contributed by atoms with Crippen LogP contribution in [-0.4, -0.2) is 14.0 Å². The largest absolute Gasteiger partial charge is 0.287 e. The van der Waals surface area contributed by atoms with E-state index in [2.05, 4.69) is 52.9 Å². The van der Waals surface area contributed by atoms with Gasteiger partial charge >= 0.3 is 0 Å². The standard InChI is InChI=1S/C16H13NS3/c18-14-8-3-1-6-12(14)16-10-5-11-17(20-16)13-7-2-4-9-15(13)19/h1-7,10-11H,8-9H2. The molecule has 0 bridgehead atoms. The first-order valence-electron chi connectivity index (χ1n) is 6.42. The van der Waals surface area contributed by atoms with Gasteiger partial charge in [-0.2, -0.15) is 0 Å². The Morgan fingerprint density at radius 1 is 0.900 bits per heavy atom. The predicted octanol–water partition coefficient (Wildman–Crippen LogP) is 4.82. The van der Waals surface area contributed by atoms with E-state index in [1.165, 1.54) is 4.91 Å². The summed E-state index contributed by atoms with van der Waals surface area (Å²) in [6.07, 6.45) is 20.4. The molecule has 3 aliphatic rings. The van der Waals surface area contributed by atoms with Crippen LogP contribution in [0.4, 0.5) is 0 Å². The van der Waals surface area contributed by atoms with Crippen LogP contribution in [0.2, 0.25) is 0 Å².